The molecule has 5 heteroatoms. The van der Waals surface area contributed by atoms with Crippen LogP contribution in [0.4, 0.5) is 4.39 Å². The topological polar surface area (TPSA) is 35.5 Å². The van der Waals surface area contributed by atoms with Gasteiger partial charge in [-0.25, -0.2) is 4.39 Å². The highest BCUT2D eigenvalue weighted by atomic mass is 32.2. The smallest absolute Gasteiger partial charge is 0.309 e. The number of carbonyl (C=O) groups excluding carboxylic acids is 1. The van der Waals surface area contributed by atoms with E-state index in [-0.39, 0.29) is 17.7 Å². The second kappa shape index (κ2) is 8.80. The van der Waals surface area contributed by atoms with Crippen molar-refractivity contribution in [3.63, 3.8) is 0 Å². The summed E-state index contributed by atoms with van der Waals surface area (Å²) in [6.45, 7) is 2.44. The summed E-state index contributed by atoms with van der Waals surface area (Å²) in [5, 5.41) is 0. The van der Waals surface area contributed by atoms with E-state index in [1.54, 1.807) is 23.9 Å². The average Bonchev–Trinajstić information content (AvgIpc) is 2.43. The molecule has 0 aliphatic rings. The van der Waals surface area contributed by atoms with Crippen molar-refractivity contribution in [3.8, 4) is 5.75 Å². The van der Waals surface area contributed by atoms with Crippen molar-refractivity contribution in [1.29, 1.82) is 0 Å². The van der Waals surface area contributed by atoms with Crippen LogP contribution in [0.2, 0.25) is 0 Å². The van der Waals surface area contributed by atoms with E-state index in [0.29, 0.717) is 12.4 Å². The van der Waals surface area contributed by atoms with Crippen LogP contribution in [0.5, 0.6) is 5.75 Å². The molecule has 0 bridgehead atoms. The summed E-state index contributed by atoms with van der Waals surface area (Å²) in [4.78, 5) is 11.2. The first-order valence-corrected chi connectivity index (χ1v) is 7.33. The zero-order chi connectivity index (χ0) is 14.1. The van der Waals surface area contributed by atoms with Gasteiger partial charge in [-0.3, -0.25) is 4.79 Å². The Kier molecular flexibility index (Phi) is 7.33. The maximum Gasteiger partial charge on any atom is 0.309 e. The molecule has 1 aromatic carbocycles. The Morgan fingerprint density at radius 2 is 2.05 bits per heavy atom. The van der Waals surface area contributed by atoms with E-state index in [0.717, 1.165) is 17.9 Å². The predicted molar refractivity (Wildman–Crippen MR) is 75.0 cm³/mol. The quantitative estimate of drug-likeness (QED) is 0.543. The first-order valence-electron chi connectivity index (χ1n) is 6.17. The van der Waals surface area contributed by atoms with E-state index >= 15 is 0 Å². The zero-order valence-electron chi connectivity index (χ0n) is 11.2. The fraction of sp³-hybridized carbons (Fsp3) is 0.500. The molecule has 0 N–H and O–H groups in total. The summed E-state index contributed by atoms with van der Waals surface area (Å²) in [5.41, 5.74) is 0. The number of carbonyl (C=O) groups is 1. The van der Waals surface area contributed by atoms with Gasteiger partial charge in [0.15, 0.2) is 0 Å². The van der Waals surface area contributed by atoms with Crippen LogP contribution in [-0.4, -0.2) is 31.2 Å². The summed E-state index contributed by atoms with van der Waals surface area (Å²) in [5.74, 6) is 1.84. The van der Waals surface area contributed by atoms with Crippen LogP contribution in [0.25, 0.3) is 0 Å². The lowest BCUT2D eigenvalue weighted by Crippen LogP contribution is -2.15. The molecule has 1 atom stereocenters. The lowest BCUT2D eigenvalue weighted by Gasteiger charge is -2.09. The Hall–Kier alpha value is -1.23. The van der Waals surface area contributed by atoms with Crippen molar-refractivity contribution in [1.82, 2.24) is 0 Å². The van der Waals surface area contributed by atoms with Crippen LogP contribution in [0, 0.1) is 11.7 Å². The highest BCUT2D eigenvalue weighted by molar-refractivity contribution is 7.99. The normalized spacial score (nSPS) is 11.9. The molecule has 0 heterocycles. The van der Waals surface area contributed by atoms with E-state index in [2.05, 4.69) is 4.74 Å². The van der Waals surface area contributed by atoms with Crippen LogP contribution < -0.4 is 4.74 Å². The number of esters is 1. The maximum atomic E-state index is 12.6. The molecule has 0 aliphatic carbocycles. The van der Waals surface area contributed by atoms with Crippen molar-refractivity contribution in [2.24, 2.45) is 5.92 Å². The van der Waals surface area contributed by atoms with Gasteiger partial charge in [-0.15, -0.1) is 0 Å². The van der Waals surface area contributed by atoms with E-state index in [9.17, 15) is 9.18 Å². The Morgan fingerprint density at radius 1 is 1.37 bits per heavy atom. The molecule has 1 rings (SSSR count). The summed E-state index contributed by atoms with van der Waals surface area (Å²) in [6, 6.07) is 5.98. The molecule has 3 nitrogen and oxygen atoms in total. The Labute approximate surface area is 117 Å². The number of hydrogen-bond acceptors (Lipinski definition) is 4. The minimum absolute atomic E-state index is 0.0759. The first-order chi connectivity index (χ1) is 9.13. The standard InChI is InChI=1S/C14H19FO3S/c1-11(14(16)17-2)10-19-9-3-8-18-13-6-4-12(15)5-7-13/h4-7,11H,3,8-10H2,1-2H3. The van der Waals surface area contributed by atoms with Gasteiger partial charge < -0.3 is 9.47 Å². The molecule has 1 unspecified atom stereocenters. The van der Waals surface area contributed by atoms with Crippen LogP contribution in [0.1, 0.15) is 13.3 Å². The van der Waals surface area contributed by atoms with Crippen LogP contribution >= 0.6 is 11.8 Å². The van der Waals surface area contributed by atoms with Crippen LogP contribution in [0.15, 0.2) is 24.3 Å². The first kappa shape index (κ1) is 15.8. The van der Waals surface area contributed by atoms with Gasteiger partial charge in [0.1, 0.15) is 11.6 Å². The number of methoxy groups -OCH3 is 1. The molecule has 0 saturated carbocycles. The molecule has 0 aromatic heterocycles. The number of benzene rings is 1. The number of halogens is 1. The second-order valence-corrected chi connectivity index (χ2v) is 5.30. The van der Waals surface area contributed by atoms with Crippen molar-refractivity contribution < 1.29 is 18.7 Å². The summed E-state index contributed by atoms with van der Waals surface area (Å²) in [7, 11) is 1.40. The molecular weight excluding hydrogens is 267 g/mol. The largest absolute Gasteiger partial charge is 0.494 e. The van der Waals surface area contributed by atoms with Gasteiger partial charge in [0.25, 0.3) is 0 Å². The minimum Gasteiger partial charge on any atom is -0.494 e. The molecular formula is C14H19FO3S. The molecule has 106 valence electrons. The highest BCUT2D eigenvalue weighted by Crippen LogP contribution is 2.13. The molecule has 19 heavy (non-hydrogen) atoms. The Morgan fingerprint density at radius 3 is 2.68 bits per heavy atom. The third-order valence-corrected chi connectivity index (χ3v) is 3.80. The van der Waals surface area contributed by atoms with Crippen molar-refractivity contribution in [3.05, 3.63) is 30.1 Å². The van der Waals surface area contributed by atoms with Gasteiger partial charge in [-0.05, 0) is 36.4 Å². The molecule has 0 radical (unpaired) electrons. The third kappa shape index (κ3) is 6.47. The lowest BCUT2D eigenvalue weighted by atomic mass is 10.2. The highest BCUT2D eigenvalue weighted by Gasteiger charge is 2.12. The number of ether oxygens (including phenoxy) is 2. The Bertz CT molecular complexity index is 381. The number of rotatable bonds is 8. The molecule has 0 spiro atoms. The van der Waals surface area contributed by atoms with Crippen molar-refractivity contribution in [2.45, 2.75) is 13.3 Å². The predicted octanol–water partition coefficient (Wildman–Crippen LogP) is 3.14. The van der Waals surface area contributed by atoms with Gasteiger partial charge in [0.05, 0.1) is 19.6 Å². The van der Waals surface area contributed by atoms with E-state index < -0.39 is 0 Å². The summed E-state index contributed by atoms with van der Waals surface area (Å²) in [6.07, 6.45) is 0.885. The molecule has 0 amide bonds. The molecule has 1 aromatic rings. The van der Waals surface area contributed by atoms with Crippen LogP contribution in [0.3, 0.4) is 0 Å². The zero-order valence-corrected chi connectivity index (χ0v) is 12.0. The molecule has 0 aliphatic heterocycles. The van der Waals surface area contributed by atoms with E-state index in [1.807, 2.05) is 6.92 Å². The van der Waals surface area contributed by atoms with Gasteiger partial charge in [-0.1, -0.05) is 6.92 Å². The third-order valence-electron chi connectivity index (χ3n) is 2.49. The minimum atomic E-state index is -0.264. The van der Waals surface area contributed by atoms with Gasteiger partial charge >= 0.3 is 5.97 Å². The molecule has 0 fully saturated rings. The van der Waals surface area contributed by atoms with Gasteiger partial charge in [0.2, 0.25) is 0 Å². The van der Waals surface area contributed by atoms with Gasteiger partial charge in [0, 0.05) is 5.75 Å². The average molecular weight is 286 g/mol. The SMILES string of the molecule is COC(=O)C(C)CSCCCOc1ccc(F)cc1. The summed E-state index contributed by atoms with van der Waals surface area (Å²) >= 11 is 1.70. The van der Waals surface area contributed by atoms with Gasteiger partial charge in [-0.2, -0.15) is 11.8 Å². The second-order valence-electron chi connectivity index (χ2n) is 4.16. The lowest BCUT2D eigenvalue weighted by molar-refractivity contribution is -0.143. The maximum absolute atomic E-state index is 12.6. The number of hydrogen-bond donors (Lipinski definition) is 0. The fourth-order valence-electron chi connectivity index (χ4n) is 1.41. The van der Waals surface area contributed by atoms with Crippen LogP contribution in [-0.2, 0) is 9.53 Å². The van der Waals surface area contributed by atoms with Crippen molar-refractivity contribution in [2.75, 3.05) is 25.2 Å². The number of thioether (sulfide) groups is 1. The van der Waals surface area contributed by atoms with Crippen molar-refractivity contribution >= 4 is 17.7 Å². The summed E-state index contributed by atoms with van der Waals surface area (Å²) < 4.78 is 22.8. The van der Waals surface area contributed by atoms with E-state index in [4.69, 9.17) is 4.74 Å². The molecule has 0 saturated heterocycles. The fourth-order valence-corrected chi connectivity index (χ4v) is 2.39. The Balaban J connectivity index is 2.05. The van der Waals surface area contributed by atoms with E-state index in [1.165, 1.54) is 19.2 Å². The monoisotopic (exact) mass is 286 g/mol.